The van der Waals surface area contributed by atoms with Gasteiger partial charge in [0, 0.05) is 9.61 Å². The fraction of sp³-hybridized carbons (Fsp3) is 0.600. The summed E-state index contributed by atoms with van der Waals surface area (Å²) in [5.41, 5.74) is 4.38. The highest BCUT2D eigenvalue weighted by molar-refractivity contribution is 14.1. The lowest BCUT2D eigenvalue weighted by molar-refractivity contribution is 0.210. The average Bonchev–Trinajstić information content (AvgIpc) is 2.42. The molecule has 1 aliphatic rings. The lowest BCUT2D eigenvalue weighted by Crippen LogP contribution is -2.35. The number of nitrogens with two attached hydrogens (primary N) is 1. The Morgan fingerprint density at radius 2 is 2.06 bits per heavy atom. The minimum absolute atomic E-state index is 0.316. The quantitative estimate of drug-likeness (QED) is 0.485. The zero-order valence-electron chi connectivity index (χ0n) is 11.0. The van der Waals surface area contributed by atoms with Gasteiger partial charge in [-0.25, -0.2) is 0 Å². The molecule has 0 aliphatic heterocycles. The summed E-state index contributed by atoms with van der Waals surface area (Å²) in [6.45, 7) is 2.31. The third kappa shape index (κ3) is 3.45. The molecule has 18 heavy (non-hydrogen) atoms. The maximum absolute atomic E-state index is 5.81. The van der Waals surface area contributed by atoms with Crippen molar-refractivity contribution in [3.63, 3.8) is 0 Å². The molecule has 3 N–H and O–H groups in total. The van der Waals surface area contributed by atoms with Crippen LogP contribution in [0, 0.1) is 15.4 Å². The fourth-order valence-corrected chi connectivity index (χ4v) is 3.54. The molecular formula is C15H23IN2. The molecule has 0 bridgehead atoms. The zero-order chi connectivity index (χ0) is 13.0. The summed E-state index contributed by atoms with van der Waals surface area (Å²) >= 11 is 2.34. The Kier molecular flexibility index (Phi) is 5.45. The maximum atomic E-state index is 5.81. The highest BCUT2D eigenvalue weighted by Crippen LogP contribution is 2.38. The molecule has 0 heterocycles. The van der Waals surface area contributed by atoms with Crippen molar-refractivity contribution in [1.29, 1.82) is 0 Å². The molecule has 3 atom stereocenters. The minimum Gasteiger partial charge on any atom is -0.271 e. The summed E-state index contributed by atoms with van der Waals surface area (Å²) < 4.78 is 1.28. The van der Waals surface area contributed by atoms with Crippen LogP contribution in [-0.4, -0.2) is 0 Å². The van der Waals surface area contributed by atoms with E-state index in [1.54, 1.807) is 0 Å². The van der Waals surface area contributed by atoms with Gasteiger partial charge in [0.05, 0.1) is 0 Å². The second-order valence-electron chi connectivity index (χ2n) is 5.40. The summed E-state index contributed by atoms with van der Waals surface area (Å²) in [6.07, 6.45) is 6.68. The van der Waals surface area contributed by atoms with E-state index in [4.69, 9.17) is 5.84 Å². The van der Waals surface area contributed by atoms with Crippen molar-refractivity contribution in [3.05, 3.63) is 33.4 Å². The summed E-state index contributed by atoms with van der Waals surface area (Å²) in [6, 6.07) is 9.07. The van der Waals surface area contributed by atoms with E-state index >= 15 is 0 Å². The van der Waals surface area contributed by atoms with E-state index < -0.39 is 0 Å². The molecule has 2 nitrogen and oxygen atoms in total. The lowest BCUT2D eigenvalue weighted by atomic mass is 9.75. The summed E-state index contributed by atoms with van der Waals surface area (Å²) in [5.74, 6) is 7.39. The van der Waals surface area contributed by atoms with Crippen LogP contribution < -0.4 is 11.3 Å². The Labute approximate surface area is 124 Å². The van der Waals surface area contributed by atoms with Crippen LogP contribution in [0.25, 0.3) is 0 Å². The molecule has 1 fully saturated rings. The second kappa shape index (κ2) is 6.87. The van der Waals surface area contributed by atoms with E-state index in [1.807, 2.05) is 0 Å². The van der Waals surface area contributed by atoms with Crippen LogP contribution in [0.4, 0.5) is 0 Å². The molecule has 3 unspecified atom stereocenters. The second-order valence-corrected chi connectivity index (χ2v) is 6.64. The Bertz CT molecular complexity index is 363. The van der Waals surface area contributed by atoms with Gasteiger partial charge in [0.2, 0.25) is 0 Å². The standard InChI is InChI=1S/C15H23IN2/c1-2-11-4-3-5-13(10-11)15(18-17)12-6-8-14(16)9-7-12/h6-9,11,13,15,18H,2-5,10,17H2,1H3. The van der Waals surface area contributed by atoms with Gasteiger partial charge in [0.1, 0.15) is 0 Å². The molecule has 100 valence electrons. The number of hydrazine groups is 1. The van der Waals surface area contributed by atoms with Crippen LogP contribution in [0.3, 0.4) is 0 Å². The molecule has 2 rings (SSSR count). The number of halogens is 1. The molecule has 1 aromatic rings. The third-order valence-corrected chi connectivity index (χ3v) is 5.00. The molecule has 0 radical (unpaired) electrons. The van der Waals surface area contributed by atoms with Gasteiger partial charge >= 0.3 is 0 Å². The minimum atomic E-state index is 0.316. The topological polar surface area (TPSA) is 38.0 Å². The summed E-state index contributed by atoms with van der Waals surface area (Å²) in [5, 5.41) is 0. The van der Waals surface area contributed by atoms with Crippen LogP contribution in [0.5, 0.6) is 0 Å². The van der Waals surface area contributed by atoms with Gasteiger partial charge < -0.3 is 0 Å². The van der Waals surface area contributed by atoms with Gasteiger partial charge in [-0.15, -0.1) is 0 Å². The Morgan fingerprint density at radius 3 is 2.67 bits per heavy atom. The van der Waals surface area contributed by atoms with E-state index in [1.165, 1.54) is 41.2 Å². The Hall–Kier alpha value is -0.130. The number of hydrogen-bond acceptors (Lipinski definition) is 2. The van der Waals surface area contributed by atoms with Crippen molar-refractivity contribution in [2.75, 3.05) is 0 Å². The van der Waals surface area contributed by atoms with E-state index in [-0.39, 0.29) is 0 Å². The Morgan fingerprint density at radius 1 is 1.33 bits per heavy atom. The van der Waals surface area contributed by atoms with E-state index in [0.29, 0.717) is 12.0 Å². The molecule has 0 saturated heterocycles. The predicted octanol–water partition coefficient (Wildman–Crippen LogP) is 4.01. The van der Waals surface area contributed by atoms with E-state index in [2.05, 4.69) is 59.2 Å². The zero-order valence-corrected chi connectivity index (χ0v) is 13.2. The first kappa shape index (κ1) is 14.3. The lowest BCUT2D eigenvalue weighted by Gasteiger charge is -2.34. The van der Waals surface area contributed by atoms with Crippen molar-refractivity contribution < 1.29 is 0 Å². The van der Waals surface area contributed by atoms with Crippen molar-refractivity contribution in [2.45, 2.75) is 45.1 Å². The molecular weight excluding hydrogens is 335 g/mol. The first-order valence-electron chi connectivity index (χ1n) is 6.96. The van der Waals surface area contributed by atoms with Crippen LogP contribution in [0.15, 0.2) is 24.3 Å². The van der Waals surface area contributed by atoms with Gasteiger partial charge in [-0.1, -0.05) is 38.3 Å². The molecule has 1 aliphatic carbocycles. The largest absolute Gasteiger partial charge is 0.271 e. The third-order valence-electron chi connectivity index (χ3n) is 4.28. The van der Waals surface area contributed by atoms with Crippen molar-refractivity contribution in [2.24, 2.45) is 17.7 Å². The number of nitrogens with one attached hydrogen (secondary N) is 1. The maximum Gasteiger partial charge on any atom is 0.0488 e. The van der Waals surface area contributed by atoms with E-state index in [9.17, 15) is 0 Å². The van der Waals surface area contributed by atoms with Gasteiger partial charge in [-0.2, -0.15) is 0 Å². The van der Waals surface area contributed by atoms with Crippen LogP contribution >= 0.6 is 22.6 Å². The SMILES string of the molecule is CCC1CCCC(C(NN)c2ccc(I)cc2)C1. The normalized spacial score (nSPS) is 25.9. The predicted molar refractivity (Wildman–Crippen MR) is 85.0 cm³/mol. The average molecular weight is 358 g/mol. The van der Waals surface area contributed by atoms with Crippen LogP contribution in [0.2, 0.25) is 0 Å². The fourth-order valence-electron chi connectivity index (χ4n) is 3.18. The summed E-state index contributed by atoms with van der Waals surface area (Å²) in [4.78, 5) is 0. The van der Waals surface area contributed by atoms with Crippen molar-refractivity contribution >= 4 is 22.6 Å². The van der Waals surface area contributed by atoms with Crippen molar-refractivity contribution in [1.82, 2.24) is 5.43 Å². The van der Waals surface area contributed by atoms with Crippen molar-refractivity contribution in [3.8, 4) is 0 Å². The molecule has 1 saturated carbocycles. The molecule has 0 aromatic heterocycles. The van der Waals surface area contributed by atoms with Gasteiger partial charge in [0.15, 0.2) is 0 Å². The van der Waals surface area contributed by atoms with Gasteiger partial charge in [0.25, 0.3) is 0 Å². The Balaban J connectivity index is 2.10. The van der Waals surface area contributed by atoms with E-state index in [0.717, 1.165) is 5.92 Å². The first-order valence-corrected chi connectivity index (χ1v) is 8.04. The van der Waals surface area contributed by atoms with Crippen LogP contribution in [-0.2, 0) is 0 Å². The number of rotatable bonds is 4. The summed E-state index contributed by atoms with van der Waals surface area (Å²) in [7, 11) is 0. The number of hydrogen-bond donors (Lipinski definition) is 2. The van der Waals surface area contributed by atoms with Gasteiger partial charge in [-0.05, 0) is 65.0 Å². The molecule has 1 aromatic carbocycles. The molecule has 0 spiro atoms. The van der Waals surface area contributed by atoms with Gasteiger partial charge in [-0.3, -0.25) is 11.3 Å². The number of benzene rings is 1. The first-order chi connectivity index (χ1) is 8.74. The highest BCUT2D eigenvalue weighted by Gasteiger charge is 2.28. The highest BCUT2D eigenvalue weighted by atomic mass is 127. The van der Waals surface area contributed by atoms with Crippen LogP contribution in [0.1, 0.15) is 50.6 Å². The molecule has 0 amide bonds. The molecule has 3 heteroatoms. The monoisotopic (exact) mass is 358 g/mol. The smallest absolute Gasteiger partial charge is 0.0488 e.